The van der Waals surface area contributed by atoms with Crippen molar-refractivity contribution in [2.75, 3.05) is 47.5 Å². The lowest BCUT2D eigenvalue weighted by atomic mass is 9.78. The molecule has 0 N–H and O–H groups in total. The first-order valence-corrected chi connectivity index (χ1v) is 10.7. The summed E-state index contributed by atoms with van der Waals surface area (Å²) in [5.41, 5.74) is 0.921. The van der Waals surface area contributed by atoms with Gasteiger partial charge in [0.25, 0.3) is 0 Å². The zero-order valence-electron chi connectivity index (χ0n) is 18.3. The second-order valence-corrected chi connectivity index (χ2v) is 8.13. The van der Waals surface area contributed by atoms with Gasteiger partial charge in [0.05, 0.1) is 27.2 Å². The topological polar surface area (TPSA) is 51.2 Å². The van der Waals surface area contributed by atoms with E-state index in [2.05, 4.69) is 4.90 Å². The van der Waals surface area contributed by atoms with Crippen LogP contribution < -0.4 is 14.2 Å². The average molecular weight is 444 g/mol. The number of carbonyl (C=O) groups excluding carboxylic acids is 1. The van der Waals surface area contributed by atoms with Crippen LogP contribution in [0.25, 0.3) is 0 Å². The Morgan fingerprint density at radius 1 is 0.968 bits per heavy atom. The van der Waals surface area contributed by atoms with E-state index in [1.165, 1.54) is 0 Å². The van der Waals surface area contributed by atoms with Gasteiger partial charge in [0.2, 0.25) is 11.7 Å². The molecule has 1 saturated heterocycles. The van der Waals surface area contributed by atoms with Crippen molar-refractivity contribution >= 4 is 5.91 Å². The van der Waals surface area contributed by atoms with Crippen LogP contribution in [-0.4, -0.2) is 69.4 Å². The number of hydrogen-bond donors (Lipinski definition) is 0. The van der Waals surface area contributed by atoms with Gasteiger partial charge in [0.1, 0.15) is 0 Å². The third-order valence-electron chi connectivity index (χ3n) is 6.37. The van der Waals surface area contributed by atoms with Crippen LogP contribution in [0.15, 0.2) is 12.1 Å². The molecule has 1 saturated carbocycles. The van der Waals surface area contributed by atoms with E-state index in [-0.39, 0.29) is 12.3 Å². The molecule has 0 aromatic heterocycles. The molecule has 3 rings (SSSR count). The van der Waals surface area contributed by atoms with Crippen LogP contribution in [0, 0.1) is 11.8 Å². The molecule has 1 aliphatic carbocycles. The molecule has 0 spiro atoms. The normalized spacial score (nSPS) is 22.8. The van der Waals surface area contributed by atoms with Crippen molar-refractivity contribution in [3.05, 3.63) is 17.7 Å². The number of carbonyl (C=O) groups is 1. The summed E-state index contributed by atoms with van der Waals surface area (Å²) >= 11 is 0. The summed E-state index contributed by atoms with van der Waals surface area (Å²) in [7, 11) is 4.68. The first-order chi connectivity index (χ1) is 14.8. The molecule has 174 valence electrons. The van der Waals surface area contributed by atoms with Gasteiger partial charge < -0.3 is 19.1 Å². The number of methoxy groups -OCH3 is 3. The second-order valence-electron chi connectivity index (χ2n) is 8.13. The van der Waals surface area contributed by atoms with Crippen molar-refractivity contribution in [1.82, 2.24) is 9.80 Å². The van der Waals surface area contributed by atoms with Crippen molar-refractivity contribution < 1.29 is 32.2 Å². The van der Waals surface area contributed by atoms with Crippen molar-refractivity contribution in [2.24, 2.45) is 11.8 Å². The lowest BCUT2D eigenvalue weighted by Gasteiger charge is -2.39. The molecule has 2 fully saturated rings. The molecule has 6 nitrogen and oxygen atoms in total. The molecule has 31 heavy (non-hydrogen) atoms. The number of benzene rings is 1. The summed E-state index contributed by atoms with van der Waals surface area (Å²) in [4.78, 5) is 16.7. The third-order valence-corrected chi connectivity index (χ3v) is 6.37. The van der Waals surface area contributed by atoms with Gasteiger partial charge in [-0.2, -0.15) is 13.2 Å². The van der Waals surface area contributed by atoms with E-state index < -0.39 is 18.0 Å². The van der Waals surface area contributed by atoms with E-state index in [0.29, 0.717) is 69.2 Å². The highest BCUT2D eigenvalue weighted by Gasteiger charge is 2.49. The average Bonchev–Trinajstić information content (AvgIpc) is 2.78. The SMILES string of the molecule is COc1ccc(CN2CCN(C(=O)C3CCCCC3C(F)(F)F)CC2)c(OC)c1OC. The third kappa shape index (κ3) is 5.19. The first-order valence-electron chi connectivity index (χ1n) is 10.7. The molecule has 9 heteroatoms. The molecule has 1 aliphatic heterocycles. The van der Waals surface area contributed by atoms with Gasteiger partial charge >= 0.3 is 6.18 Å². The monoisotopic (exact) mass is 444 g/mol. The lowest BCUT2D eigenvalue weighted by Crippen LogP contribution is -2.52. The van der Waals surface area contributed by atoms with Gasteiger partial charge in [0.15, 0.2) is 11.5 Å². The molecule has 1 aromatic rings. The van der Waals surface area contributed by atoms with E-state index in [4.69, 9.17) is 14.2 Å². The van der Waals surface area contributed by atoms with E-state index >= 15 is 0 Å². The number of piperazine rings is 1. The van der Waals surface area contributed by atoms with Gasteiger partial charge in [-0.15, -0.1) is 0 Å². The summed E-state index contributed by atoms with van der Waals surface area (Å²) in [5.74, 6) is -1.10. The highest BCUT2D eigenvalue weighted by Crippen LogP contribution is 2.43. The Morgan fingerprint density at radius 3 is 2.19 bits per heavy atom. The first kappa shape index (κ1) is 23.5. The van der Waals surface area contributed by atoms with Crippen molar-refractivity contribution in [2.45, 2.75) is 38.4 Å². The van der Waals surface area contributed by atoms with Gasteiger partial charge in [-0.3, -0.25) is 9.69 Å². The maximum Gasteiger partial charge on any atom is 0.392 e. The Balaban J connectivity index is 1.63. The van der Waals surface area contributed by atoms with E-state index in [1.54, 1.807) is 26.2 Å². The fourth-order valence-corrected chi connectivity index (χ4v) is 4.71. The number of amides is 1. The Bertz CT molecular complexity index is 764. The number of nitrogens with zero attached hydrogens (tertiary/aromatic N) is 2. The summed E-state index contributed by atoms with van der Waals surface area (Å²) in [6, 6.07) is 3.73. The Kier molecular flexibility index (Phi) is 7.56. The highest BCUT2D eigenvalue weighted by atomic mass is 19.4. The number of halogens is 3. The molecule has 2 unspecified atom stereocenters. The lowest BCUT2D eigenvalue weighted by molar-refractivity contribution is -0.201. The second kappa shape index (κ2) is 9.97. The standard InChI is InChI=1S/C22H31F3N2O4/c1-29-18-9-8-15(19(30-2)20(18)31-3)14-26-10-12-27(13-11-26)21(28)16-6-4-5-7-17(16)22(23,24)25/h8-9,16-17H,4-7,10-14H2,1-3H3. The maximum atomic E-state index is 13.4. The minimum absolute atomic E-state index is 0.0545. The Hall–Kier alpha value is -2.16. The zero-order valence-corrected chi connectivity index (χ0v) is 18.3. The molecule has 2 aliphatic rings. The summed E-state index contributed by atoms with van der Waals surface area (Å²) in [6.07, 6.45) is -2.71. The Labute approximate surface area is 181 Å². The largest absolute Gasteiger partial charge is 0.493 e. The van der Waals surface area contributed by atoms with E-state index in [0.717, 1.165) is 5.56 Å². The maximum absolute atomic E-state index is 13.4. The van der Waals surface area contributed by atoms with Gasteiger partial charge in [0, 0.05) is 44.2 Å². The van der Waals surface area contributed by atoms with Crippen LogP contribution in [0.5, 0.6) is 17.2 Å². The molecule has 1 heterocycles. The van der Waals surface area contributed by atoms with Crippen LogP contribution in [0.4, 0.5) is 13.2 Å². The molecular weight excluding hydrogens is 413 g/mol. The van der Waals surface area contributed by atoms with Crippen LogP contribution in [0.2, 0.25) is 0 Å². The fraction of sp³-hybridized carbons (Fsp3) is 0.682. The van der Waals surface area contributed by atoms with Crippen LogP contribution >= 0.6 is 0 Å². The van der Waals surface area contributed by atoms with Gasteiger partial charge in [-0.05, 0) is 18.9 Å². The summed E-state index contributed by atoms with van der Waals surface area (Å²) in [5, 5.41) is 0. The van der Waals surface area contributed by atoms with Gasteiger partial charge in [-0.1, -0.05) is 18.9 Å². The molecule has 0 bridgehead atoms. The van der Waals surface area contributed by atoms with E-state index in [9.17, 15) is 18.0 Å². The van der Waals surface area contributed by atoms with Crippen molar-refractivity contribution in [3.63, 3.8) is 0 Å². The number of hydrogen-bond acceptors (Lipinski definition) is 5. The molecular formula is C22H31F3N2O4. The summed E-state index contributed by atoms with van der Waals surface area (Å²) in [6.45, 7) is 2.62. The van der Waals surface area contributed by atoms with Crippen LogP contribution in [0.1, 0.15) is 31.2 Å². The minimum atomic E-state index is -4.31. The number of rotatable bonds is 6. The van der Waals surface area contributed by atoms with Crippen LogP contribution in [-0.2, 0) is 11.3 Å². The smallest absolute Gasteiger partial charge is 0.392 e. The van der Waals surface area contributed by atoms with Crippen LogP contribution in [0.3, 0.4) is 0 Å². The predicted octanol–water partition coefficient (Wildman–Crippen LogP) is 3.73. The predicted molar refractivity (Wildman–Crippen MR) is 109 cm³/mol. The van der Waals surface area contributed by atoms with Gasteiger partial charge in [-0.25, -0.2) is 0 Å². The van der Waals surface area contributed by atoms with Crippen molar-refractivity contribution in [1.29, 1.82) is 0 Å². The quantitative estimate of drug-likeness (QED) is 0.669. The van der Waals surface area contributed by atoms with E-state index in [1.807, 2.05) is 12.1 Å². The highest BCUT2D eigenvalue weighted by molar-refractivity contribution is 5.79. The number of alkyl halides is 3. The molecule has 1 amide bonds. The van der Waals surface area contributed by atoms with Crippen molar-refractivity contribution in [3.8, 4) is 17.2 Å². The minimum Gasteiger partial charge on any atom is -0.493 e. The Morgan fingerprint density at radius 2 is 1.61 bits per heavy atom. The summed E-state index contributed by atoms with van der Waals surface area (Å²) < 4.78 is 56.5. The zero-order chi connectivity index (χ0) is 22.6. The molecule has 1 aromatic carbocycles. The number of ether oxygens (including phenoxy) is 3. The fourth-order valence-electron chi connectivity index (χ4n) is 4.71. The molecule has 0 radical (unpaired) electrons. The molecule has 2 atom stereocenters.